The maximum atomic E-state index is 11.8. The standard InChI is InChI=1S/C10H16O4S.2C6H5.Sb/c1-9(2)7-3-4-10(9,8(11)5-7)6-15(12,13)14;2*1-2-4-6-5-3-1;/h7H,3-6H2,1-2H3,(H,12,13,14);2*1-5H;/q;;;+1/p-1. The Bertz CT molecular complexity index is 888. The molecule has 2 atom stereocenters. The Morgan fingerprint density at radius 3 is 1.86 bits per heavy atom. The van der Waals surface area contributed by atoms with Crippen molar-refractivity contribution in [3.8, 4) is 0 Å². The summed E-state index contributed by atoms with van der Waals surface area (Å²) in [6.07, 6.45) is 1.88. The number of hydrogen-bond donors (Lipinski definition) is 0. The predicted molar refractivity (Wildman–Crippen MR) is 111 cm³/mol. The number of carbonyl (C=O) groups excluding carboxylic acids is 1. The molecule has 0 spiro atoms. The summed E-state index contributed by atoms with van der Waals surface area (Å²) in [7, 11) is -4.33. The number of carbonyl (C=O) groups is 1. The second-order valence-electron chi connectivity index (χ2n) is 8.15. The molecule has 2 radical (unpaired) electrons. The van der Waals surface area contributed by atoms with Gasteiger partial charge in [0.05, 0.1) is 15.9 Å². The average Bonchev–Trinajstić information content (AvgIpc) is 2.97. The predicted octanol–water partition coefficient (Wildman–Crippen LogP) is 2.27. The Hall–Kier alpha value is -1.16. The average molecular weight is 507 g/mol. The van der Waals surface area contributed by atoms with Crippen LogP contribution in [-0.2, 0) is 14.9 Å². The summed E-state index contributed by atoms with van der Waals surface area (Å²) in [5, 5.41) is 0. The Morgan fingerprint density at radius 1 is 1.00 bits per heavy atom. The van der Waals surface area contributed by atoms with Crippen molar-refractivity contribution >= 4 is 44.5 Å². The molecular formula is C22H25O4SSb. The van der Waals surface area contributed by atoms with Crippen molar-refractivity contribution in [1.29, 1.82) is 0 Å². The number of hydrogen-bond acceptors (Lipinski definition) is 4. The second-order valence-corrected chi connectivity index (χ2v) is 13.1. The van der Waals surface area contributed by atoms with E-state index in [0.29, 0.717) is 12.8 Å². The number of fused-ring (bicyclic) bond motifs is 2. The van der Waals surface area contributed by atoms with E-state index in [1.54, 1.807) is 0 Å². The first kappa shape index (κ1) is 21.5. The van der Waals surface area contributed by atoms with Crippen molar-refractivity contribution < 1.29 is 17.8 Å². The summed E-state index contributed by atoms with van der Waals surface area (Å²) >= 11 is -0.335. The third-order valence-corrected chi connectivity index (χ3v) is 10.4. The first-order valence-electron chi connectivity index (χ1n) is 9.43. The summed E-state index contributed by atoms with van der Waals surface area (Å²) in [6, 6.07) is 21.5. The molecule has 2 fully saturated rings. The number of benzene rings is 2. The van der Waals surface area contributed by atoms with Crippen molar-refractivity contribution in [1.82, 2.24) is 0 Å². The molecule has 0 aliphatic heterocycles. The van der Waals surface area contributed by atoms with E-state index in [-0.39, 0.29) is 38.7 Å². The van der Waals surface area contributed by atoms with Crippen LogP contribution in [0, 0.1) is 16.7 Å². The Balaban J connectivity index is 0.000000162. The molecule has 148 valence electrons. The van der Waals surface area contributed by atoms with Crippen LogP contribution in [-0.4, -0.2) is 46.1 Å². The molecule has 0 amide bonds. The zero-order valence-corrected chi connectivity index (χ0v) is 19.5. The molecule has 2 aliphatic rings. The van der Waals surface area contributed by atoms with Gasteiger partial charge in [-0.3, -0.25) is 4.79 Å². The third-order valence-electron chi connectivity index (χ3n) is 6.33. The van der Waals surface area contributed by atoms with Crippen LogP contribution in [0.3, 0.4) is 0 Å². The van der Waals surface area contributed by atoms with Crippen molar-refractivity contribution in [3.63, 3.8) is 0 Å². The molecule has 2 saturated carbocycles. The molecule has 6 heteroatoms. The van der Waals surface area contributed by atoms with Gasteiger partial charge in [-0.2, -0.15) is 0 Å². The summed E-state index contributed by atoms with van der Waals surface area (Å²) in [6.45, 7) is 3.83. The Labute approximate surface area is 178 Å². The van der Waals surface area contributed by atoms with Gasteiger partial charge in [0.1, 0.15) is 5.78 Å². The zero-order chi connectivity index (χ0) is 20.4. The van der Waals surface area contributed by atoms with Crippen molar-refractivity contribution in [3.05, 3.63) is 60.7 Å². The summed E-state index contributed by atoms with van der Waals surface area (Å²) in [4.78, 5) is 11.8. The van der Waals surface area contributed by atoms with Crippen LogP contribution in [0.4, 0.5) is 0 Å². The molecule has 2 aromatic carbocycles. The van der Waals surface area contributed by atoms with Crippen molar-refractivity contribution in [2.24, 2.45) is 16.7 Å². The molecule has 2 aliphatic carbocycles. The first-order chi connectivity index (χ1) is 13.1. The number of Topliss-reactive ketones (excluding diaryl/α,β-unsaturated/α-hetero) is 1. The van der Waals surface area contributed by atoms with Crippen LogP contribution in [0.15, 0.2) is 60.7 Å². The van der Waals surface area contributed by atoms with Gasteiger partial charge in [-0.1, -0.05) is 13.8 Å². The van der Waals surface area contributed by atoms with E-state index in [4.69, 9.17) is 0 Å². The van der Waals surface area contributed by atoms with E-state index in [9.17, 15) is 17.8 Å². The van der Waals surface area contributed by atoms with E-state index in [1.165, 1.54) is 7.02 Å². The molecule has 4 rings (SSSR count). The van der Waals surface area contributed by atoms with Gasteiger partial charge in [0.15, 0.2) is 0 Å². The van der Waals surface area contributed by atoms with E-state index in [2.05, 4.69) is 60.7 Å². The van der Waals surface area contributed by atoms with E-state index in [0.717, 1.165) is 6.42 Å². The molecular weight excluding hydrogens is 482 g/mol. The van der Waals surface area contributed by atoms with Crippen molar-refractivity contribution in [2.45, 2.75) is 33.1 Å². The fourth-order valence-electron chi connectivity index (χ4n) is 4.56. The third kappa shape index (κ3) is 4.53. The van der Waals surface area contributed by atoms with Gasteiger partial charge < -0.3 is 4.55 Å². The Kier molecular flexibility index (Phi) is 6.38. The van der Waals surface area contributed by atoms with Crippen LogP contribution >= 0.6 is 0 Å². The number of rotatable bonds is 4. The van der Waals surface area contributed by atoms with E-state index >= 15 is 0 Å². The van der Waals surface area contributed by atoms with Crippen molar-refractivity contribution in [2.75, 3.05) is 5.75 Å². The zero-order valence-electron chi connectivity index (χ0n) is 16.2. The molecule has 28 heavy (non-hydrogen) atoms. The first-order valence-corrected chi connectivity index (χ1v) is 13.6. The quantitative estimate of drug-likeness (QED) is 0.471. The van der Waals surface area contributed by atoms with Gasteiger partial charge in [0.2, 0.25) is 0 Å². The monoisotopic (exact) mass is 506 g/mol. The molecule has 2 unspecified atom stereocenters. The molecule has 0 aromatic heterocycles. The van der Waals surface area contributed by atoms with Crippen LogP contribution in [0.25, 0.3) is 0 Å². The van der Waals surface area contributed by atoms with E-state index in [1.807, 2.05) is 13.8 Å². The topological polar surface area (TPSA) is 74.3 Å². The fourth-order valence-corrected chi connectivity index (χ4v) is 8.53. The molecule has 0 saturated heterocycles. The minimum absolute atomic E-state index is 0.0248. The molecule has 2 aromatic rings. The minimum atomic E-state index is -4.33. The summed E-state index contributed by atoms with van der Waals surface area (Å²) in [5.41, 5.74) is -1.22. The van der Waals surface area contributed by atoms with Crippen LogP contribution in [0.1, 0.15) is 33.1 Å². The normalized spacial score (nSPS) is 25.2. The number of ketones is 1. The van der Waals surface area contributed by atoms with Crippen LogP contribution < -0.4 is 7.02 Å². The van der Waals surface area contributed by atoms with Gasteiger partial charge in [-0.05, 0) is 24.2 Å². The molecule has 0 N–H and O–H groups in total. The van der Waals surface area contributed by atoms with E-state index < -0.39 is 21.3 Å². The summed E-state index contributed by atoms with van der Waals surface area (Å²) in [5.74, 6) is -0.280. The van der Waals surface area contributed by atoms with Crippen LogP contribution in [0.5, 0.6) is 0 Å². The van der Waals surface area contributed by atoms with Gasteiger partial charge in [0.25, 0.3) is 0 Å². The molecule has 4 nitrogen and oxygen atoms in total. The summed E-state index contributed by atoms with van der Waals surface area (Å²) < 4.78 is 35.7. The Morgan fingerprint density at radius 2 is 1.50 bits per heavy atom. The second kappa shape index (κ2) is 8.29. The fraction of sp³-hybridized carbons (Fsp3) is 0.409. The van der Waals surface area contributed by atoms with Gasteiger partial charge in [-0.15, -0.1) is 0 Å². The molecule has 0 heterocycles. The van der Waals surface area contributed by atoms with Gasteiger partial charge in [0, 0.05) is 11.8 Å². The SMILES string of the molecule is CC1(C)C2CCC1(CS(=O)(=O)[O-])C(=O)C2.c1cc[c]([Sb+][c]2ccccc2)cc1. The molecule has 2 bridgehead atoms. The van der Waals surface area contributed by atoms with Gasteiger partial charge in [-0.25, -0.2) is 8.42 Å². The maximum absolute atomic E-state index is 11.8. The van der Waals surface area contributed by atoms with Crippen LogP contribution in [0.2, 0.25) is 0 Å². The van der Waals surface area contributed by atoms with Gasteiger partial charge >= 0.3 is 89.3 Å².